The molecule has 1 unspecified atom stereocenters. The molecular weight excluding hydrogens is 338 g/mol. The van der Waals surface area contributed by atoms with E-state index in [4.69, 9.17) is 5.11 Å². The second kappa shape index (κ2) is 8.71. The van der Waals surface area contributed by atoms with Crippen LogP contribution in [0.3, 0.4) is 0 Å². The van der Waals surface area contributed by atoms with Crippen molar-refractivity contribution >= 4 is 23.6 Å². The van der Waals surface area contributed by atoms with Crippen molar-refractivity contribution in [3.05, 3.63) is 47.8 Å². The van der Waals surface area contributed by atoms with Crippen molar-refractivity contribution < 1.29 is 14.7 Å². The van der Waals surface area contributed by atoms with Gasteiger partial charge in [0, 0.05) is 12.7 Å². The van der Waals surface area contributed by atoms with Crippen LogP contribution in [0, 0.1) is 5.92 Å². The third-order valence-corrected chi connectivity index (χ3v) is 5.11. The van der Waals surface area contributed by atoms with E-state index in [0.29, 0.717) is 6.54 Å². The Kier molecular flexibility index (Phi) is 6.64. The van der Waals surface area contributed by atoms with E-state index >= 15 is 0 Å². The number of hydrogen-bond acceptors (Lipinski definition) is 4. The third-order valence-electron chi connectivity index (χ3n) is 3.66. The van der Waals surface area contributed by atoms with Crippen molar-refractivity contribution in [1.29, 1.82) is 0 Å². The molecule has 2 aromatic rings. The van der Waals surface area contributed by atoms with Gasteiger partial charge >= 0.3 is 5.97 Å². The summed E-state index contributed by atoms with van der Waals surface area (Å²) >= 11 is 1.65. The number of carbonyl (C=O) groups is 2. The second-order valence-corrected chi connectivity index (χ2v) is 7.38. The van der Waals surface area contributed by atoms with Gasteiger partial charge in [-0.3, -0.25) is 4.79 Å². The highest BCUT2D eigenvalue weighted by atomic mass is 32.2. The fourth-order valence-corrected chi connectivity index (χ4v) is 3.41. The average Bonchev–Trinajstić information content (AvgIpc) is 3.08. The second-order valence-electron chi connectivity index (χ2n) is 5.96. The summed E-state index contributed by atoms with van der Waals surface area (Å²) in [6, 6.07) is 8.96. The molecule has 1 amide bonds. The minimum atomic E-state index is -1.06. The zero-order valence-electron chi connectivity index (χ0n) is 14.6. The number of hydrogen-bond donors (Lipinski definition) is 2. The lowest BCUT2D eigenvalue weighted by atomic mass is 10.1. The van der Waals surface area contributed by atoms with Crippen molar-refractivity contribution in [1.82, 2.24) is 15.1 Å². The van der Waals surface area contributed by atoms with Crippen molar-refractivity contribution in [2.75, 3.05) is 5.75 Å². The number of carboxylic acid groups (broad SMARTS) is 1. The molecule has 25 heavy (non-hydrogen) atoms. The molecule has 0 aliphatic rings. The van der Waals surface area contributed by atoms with Gasteiger partial charge in [0.15, 0.2) is 5.69 Å². The number of nitrogens with one attached hydrogen (secondary N) is 1. The first-order valence-electron chi connectivity index (χ1n) is 8.20. The van der Waals surface area contributed by atoms with Crippen LogP contribution < -0.4 is 5.32 Å². The lowest BCUT2D eigenvalue weighted by Gasteiger charge is -2.19. The average molecular weight is 361 g/mol. The maximum atomic E-state index is 12.4. The molecule has 0 fully saturated rings. The van der Waals surface area contributed by atoms with Gasteiger partial charge < -0.3 is 10.4 Å². The maximum Gasteiger partial charge on any atom is 0.356 e. The molecule has 1 heterocycles. The first kappa shape index (κ1) is 19.1. The first-order chi connectivity index (χ1) is 11.9. The normalized spacial score (nSPS) is 12.2. The summed E-state index contributed by atoms with van der Waals surface area (Å²) in [5, 5.41) is 15.9. The molecule has 2 rings (SSSR count). The molecular formula is C18H23N3O3S. The van der Waals surface area contributed by atoms with E-state index in [-0.39, 0.29) is 22.8 Å². The Balaban J connectivity index is 2.06. The van der Waals surface area contributed by atoms with Crippen molar-refractivity contribution in [2.45, 2.75) is 32.6 Å². The predicted octanol–water partition coefficient (Wildman–Crippen LogP) is 2.96. The predicted molar refractivity (Wildman–Crippen MR) is 99.1 cm³/mol. The number of nitrogens with zero attached hydrogens (tertiary/aromatic N) is 2. The van der Waals surface area contributed by atoms with E-state index in [1.54, 1.807) is 18.0 Å². The summed E-state index contributed by atoms with van der Waals surface area (Å²) in [6.07, 6.45) is 1.60. The summed E-state index contributed by atoms with van der Waals surface area (Å²) in [4.78, 5) is 23.3. The zero-order chi connectivity index (χ0) is 18.4. The Morgan fingerprint density at radius 3 is 2.68 bits per heavy atom. The van der Waals surface area contributed by atoms with Gasteiger partial charge in [0.1, 0.15) is 0 Å². The van der Waals surface area contributed by atoms with Crippen molar-refractivity contribution in [3.63, 3.8) is 0 Å². The molecule has 134 valence electrons. The number of carbonyl (C=O) groups excluding carboxylic acids is 1. The molecule has 2 N–H and O–H groups in total. The van der Waals surface area contributed by atoms with Crippen LogP contribution in [0.2, 0.25) is 0 Å². The molecule has 0 spiro atoms. The van der Waals surface area contributed by atoms with E-state index in [2.05, 4.69) is 10.4 Å². The molecule has 0 saturated heterocycles. The molecule has 0 aliphatic carbocycles. The Morgan fingerprint density at radius 2 is 2.08 bits per heavy atom. The fraction of sp³-hybridized carbons (Fsp3) is 0.389. The number of carboxylic acids is 1. The molecule has 0 aliphatic heterocycles. The first-order valence-corrected chi connectivity index (χ1v) is 9.24. The van der Waals surface area contributed by atoms with Crippen LogP contribution in [0.15, 0.2) is 36.5 Å². The van der Waals surface area contributed by atoms with Crippen LogP contribution in [0.1, 0.15) is 36.8 Å². The van der Waals surface area contributed by atoms with Gasteiger partial charge in [-0.1, -0.05) is 32.9 Å². The number of amides is 1. The molecule has 0 bridgehead atoms. The molecule has 1 atom stereocenters. The lowest BCUT2D eigenvalue weighted by molar-refractivity contribution is -0.121. The molecule has 1 aromatic carbocycles. The van der Waals surface area contributed by atoms with E-state index in [1.165, 1.54) is 10.7 Å². The Hall–Kier alpha value is -2.28. The summed E-state index contributed by atoms with van der Waals surface area (Å²) in [6.45, 7) is 6.57. The Bertz CT molecular complexity index is 743. The van der Waals surface area contributed by atoms with Crippen LogP contribution in [-0.2, 0) is 11.3 Å². The number of rotatable bonds is 8. The SMILES string of the molecule is CCSC(C(=O)NCc1cccc(-n2ccc(C(=O)O)n2)c1)C(C)C. The van der Waals surface area contributed by atoms with Gasteiger partial charge in [0.05, 0.1) is 10.9 Å². The van der Waals surface area contributed by atoms with Crippen molar-refractivity contribution in [3.8, 4) is 5.69 Å². The Morgan fingerprint density at radius 1 is 1.32 bits per heavy atom. The van der Waals surface area contributed by atoms with Gasteiger partial charge in [-0.15, -0.1) is 11.8 Å². The highest BCUT2D eigenvalue weighted by Crippen LogP contribution is 2.19. The molecule has 7 heteroatoms. The molecule has 0 radical (unpaired) electrons. The topological polar surface area (TPSA) is 84.2 Å². The summed E-state index contributed by atoms with van der Waals surface area (Å²) in [5.74, 6) is 0.154. The summed E-state index contributed by atoms with van der Waals surface area (Å²) in [5.41, 5.74) is 1.68. The Labute approximate surface area is 151 Å². The fourth-order valence-electron chi connectivity index (χ4n) is 2.43. The molecule has 0 saturated carbocycles. The third kappa shape index (κ3) is 5.09. The van der Waals surface area contributed by atoms with Crippen LogP contribution in [0.4, 0.5) is 0 Å². The van der Waals surface area contributed by atoms with Crippen molar-refractivity contribution in [2.24, 2.45) is 5.92 Å². The maximum absolute atomic E-state index is 12.4. The van der Waals surface area contributed by atoms with Gasteiger partial charge in [-0.25, -0.2) is 9.48 Å². The summed E-state index contributed by atoms with van der Waals surface area (Å²) in [7, 11) is 0. The van der Waals surface area contributed by atoms with Crippen LogP contribution in [0.5, 0.6) is 0 Å². The lowest BCUT2D eigenvalue weighted by Crippen LogP contribution is -2.35. The number of thioether (sulfide) groups is 1. The standard InChI is InChI=1S/C18H23N3O3S/c1-4-25-16(12(2)3)17(22)19-11-13-6-5-7-14(10-13)21-9-8-15(20-21)18(23)24/h5-10,12,16H,4,11H2,1-3H3,(H,19,22)(H,23,24). The van der Waals surface area contributed by atoms with E-state index in [1.807, 2.05) is 45.0 Å². The summed E-state index contributed by atoms with van der Waals surface area (Å²) < 4.78 is 1.51. The largest absolute Gasteiger partial charge is 0.476 e. The van der Waals surface area contributed by atoms with Crippen LogP contribution in [-0.4, -0.2) is 37.8 Å². The smallest absolute Gasteiger partial charge is 0.356 e. The minimum absolute atomic E-state index is 0.00456. The quantitative estimate of drug-likeness (QED) is 0.755. The molecule has 1 aromatic heterocycles. The van der Waals surface area contributed by atoms with Gasteiger partial charge in [-0.05, 0) is 35.4 Å². The number of benzene rings is 1. The molecule has 6 nitrogen and oxygen atoms in total. The van der Waals surface area contributed by atoms with Crippen LogP contribution in [0.25, 0.3) is 5.69 Å². The van der Waals surface area contributed by atoms with E-state index < -0.39 is 5.97 Å². The van der Waals surface area contributed by atoms with E-state index in [9.17, 15) is 9.59 Å². The van der Waals surface area contributed by atoms with E-state index in [0.717, 1.165) is 17.0 Å². The monoisotopic (exact) mass is 361 g/mol. The van der Waals surface area contributed by atoms with Crippen LogP contribution >= 0.6 is 11.8 Å². The number of aromatic nitrogens is 2. The number of aromatic carboxylic acids is 1. The highest BCUT2D eigenvalue weighted by molar-refractivity contribution is 8.00. The minimum Gasteiger partial charge on any atom is -0.476 e. The van der Waals surface area contributed by atoms with Gasteiger partial charge in [-0.2, -0.15) is 5.10 Å². The highest BCUT2D eigenvalue weighted by Gasteiger charge is 2.21. The van der Waals surface area contributed by atoms with Gasteiger partial charge in [0.25, 0.3) is 0 Å². The zero-order valence-corrected chi connectivity index (χ0v) is 15.4. The van der Waals surface area contributed by atoms with Gasteiger partial charge in [0.2, 0.25) is 5.91 Å².